The van der Waals surface area contributed by atoms with Gasteiger partial charge in [-0.15, -0.1) is 0 Å². The molecule has 0 aromatic heterocycles. The van der Waals surface area contributed by atoms with Crippen molar-refractivity contribution in [3.8, 4) is 5.75 Å². The van der Waals surface area contributed by atoms with Gasteiger partial charge in [0.05, 0.1) is 6.61 Å². The first-order valence-electron chi connectivity index (χ1n) is 7.11. The van der Waals surface area contributed by atoms with Crippen LogP contribution in [0, 0.1) is 0 Å². The van der Waals surface area contributed by atoms with Gasteiger partial charge in [-0.25, -0.2) is 0 Å². The van der Waals surface area contributed by atoms with Crippen molar-refractivity contribution in [2.24, 2.45) is 0 Å². The monoisotopic (exact) mass is 265 g/mol. The second kappa shape index (κ2) is 8.18. The normalized spacial score (nSPS) is 14.6. The van der Waals surface area contributed by atoms with E-state index in [1.54, 1.807) is 19.2 Å². The highest BCUT2D eigenvalue weighted by Crippen LogP contribution is 2.16. The third-order valence-electron chi connectivity index (χ3n) is 3.74. The zero-order valence-electron chi connectivity index (χ0n) is 12.6. The minimum atomic E-state index is 0.328. The molecule has 0 amide bonds. The Hall–Kier alpha value is -1.06. The molecule has 0 aliphatic rings. The molecule has 2 atom stereocenters. The van der Waals surface area contributed by atoms with E-state index in [0.717, 1.165) is 26.0 Å². The number of aromatic hydroxyl groups is 1. The summed E-state index contributed by atoms with van der Waals surface area (Å²) in [4.78, 5) is 2.50. The summed E-state index contributed by atoms with van der Waals surface area (Å²) < 4.78 is 5.21. The highest BCUT2D eigenvalue weighted by Gasteiger charge is 2.18. The molecule has 0 fully saturated rings. The summed E-state index contributed by atoms with van der Waals surface area (Å²) >= 11 is 0. The van der Waals surface area contributed by atoms with Crippen LogP contribution in [0.1, 0.15) is 32.8 Å². The molecule has 19 heavy (non-hydrogen) atoms. The molecule has 0 radical (unpaired) electrons. The lowest BCUT2D eigenvalue weighted by atomic mass is 10.0. The van der Waals surface area contributed by atoms with Crippen LogP contribution in [0.4, 0.5) is 0 Å². The van der Waals surface area contributed by atoms with Crippen molar-refractivity contribution >= 4 is 0 Å². The van der Waals surface area contributed by atoms with E-state index in [0.29, 0.717) is 17.8 Å². The molecule has 108 valence electrons. The third kappa shape index (κ3) is 5.21. The summed E-state index contributed by atoms with van der Waals surface area (Å²) in [6, 6.07) is 8.53. The largest absolute Gasteiger partial charge is 0.508 e. The molecule has 0 saturated carbocycles. The van der Waals surface area contributed by atoms with E-state index in [9.17, 15) is 5.11 Å². The first-order valence-corrected chi connectivity index (χ1v) is 7.11. The van der Waals surface area contributed by atoms with Crippen molar-refractivity contribution in [1.29, 1.82) is 0 Å². The van der Waals surface area contributed by atoms with E-state index in [1.165, 1.54) is 5.56 Å². The van der Waals surface area contributed by atoms with E-state index in [2.05, 4.69) is 25.7 Å². The van der Waals surface area contributed by atoms with Gasteiger partial charge < -0.3 is 9.84 Å². The molecule has 0 spiro atoms. The van der Waals surface area contributed by atoms with Crippen molar-refractivity contribution in [2.45, 2.75) is 45.7 Å². The first kappa shape index (κ1) is 16.0. The fourth-order valence-electron chi connectivity index (χ4n) is 2.40. The van der Waals surface area contributed by atoms with Crippen LogP contribution in [0.3, 0.4) is 0 Å². The molecule has 0 aliphatic heterocycles. The molecule has 0 heterocycles. The van der Waals surface area contributed by atoms with Gasteiger partial charge in [0.1, 0.15) is 5.75 Å². The number of hydrogen-bond acceptors (Lipinski definition) is 3. The molecule has 3 nitrogen and oxygen atoms in total. The molecule has 1 N–H and O–H groups in total. The van der Waals surface area contributed by atoms with E-state index in [-0.39, 0.29) is 0 Å². The minimum absolute atomic E-state index is 0.328. The average molecular weight is 265 g/mol. The van der Waals surface area contributed by atoms with Crippen LogP contribution in [0.2, 0.25) is 0 Å². The number of methoxy groups -OCH3 is 1. The molecule has 3 heteroatoms. The highest BCUT2D eigenvalue weighted by molar-refractivity contribution is 5.26. The lowest BCUT2D eigenvalue weighted by Gasteiger charge is -2.34. The minimum Gasteiger partial charge on any atom is -0.508 e. The Bertz CT molecular complexity index is 350. The van der Waals surface area contributed by atoms with E-state index >= 15 is 0 Å². The van der Waals surface area contributed by atoms with Crippen molar-refractivity contribution in [1.82, 2.24) is 4.90 Å². The van der Waals surface area contributed by atoms with Crippen molar-refractivity contribution in [2.75, 3.05) is 20.3 Å². The molecule has 0 saturated heterocycles. The standard InChI is InChI=1S/C16H27NO2/c1-5-13(2)17(10-11-19-4)14(3)12-15-6-8-16(18)9-7-15/h6-9,13-14,18H,5,10-12H2,1-4H3. The number of ether oxygens (including phenoxy) is 1. The SMILES string of the molecule is CCC(C)N(CCOC)C(C)Cc1ccc(O)cc1. The second-order valence-corrected chi connectivity index (χ2v) is 5.21. The van der Waals surface area contributed by atoms with Crippen LogP contribution in [0.25, 0.3) is 0 Å². The lowest BCUT2D eigenvalue weighted by molar-refractivity contribution is 0.0939. The summed E-state index contributed by atoms with van der Waals surface area (Å²) in [5.74, 6) is 0.328. The van der Waals surface area contributed by atoms with E-state index in [1.807, 2.05) is 12.1 Å². The van der Waals surface area contributed by atoms with Crippen LogP contribution in [-0.2, 0) is 11.2 Å². The Morgan fingerprint density at radius 2 is 1.79 bits per heavy atom. The lowest BCUT2D eigenvalue weighted by Crippen LogP contribution is -2.43. The maximum atomic E-state index is 9.32. The van der Waals surface area contributed by atoms with Gasteiger partial charge in [0, 0.05) is 25.7 Å². The van der Waals surface area contributed by atoms with Crippen molar-refractivity contribution in [3.63, 3.8) is 0 Å². The molecule has 2 unspecified atom stereocenters. The predicted octanol–water partition coefficient (Wildman–Crippen LogP) is 3.07. The Balaban J connectivity index is 2.64. The summed E-state index contributed by atoms with van der Waals surface area (Å²) in [5, 5.41) is 9.32. The average Bonchev–Trinajstić information content (AvgIpc) is 2.41. The van der Waals surface area contributed by atoms with E-state index in [4.69, 9.17) is 4.74 Å². The summed E-state index contributed by atoms with van der Waals surface area (Å²) in [6.45, 7) is 8.48. The van der Waals surface area contributed by atoms with E-state index < -0.39 is 0 Å². The molecular formula is C16H27NO2. The van der Waals surface area contributed by atoms with Gasteiger partial charge in [-0.05, 0) is 44.4 Å². The topological polar surface area (TPSA) is 32.7 Å². The number of benzene rings is 1. The highest BCUT2D eigenvalue weighted by atomic mass is 16.5. The predicted molar refractivity (Wildman–Crippen MR) is 79.6 cm³/mol. The number of phenols is 1. The maximum Gasteiger partial charge on any atom is 0.115 e. The number of hydrogen-bond donors (Lipinski definition) is 1. The Morgan fingerprint density at radius 1 is 1.16 bits per heavy atom. The zero-order chi connectivity index (χ0) is 14.3. The fourth-order valence-corrected chi connectivity index (χ4v) is 2.40. The maximum absolute atomic E-state index is 9.32. The van der Waals surface area contributed by atoms with Gasteiger partial charge in [0.25, 0.3) is 0 Å². The third-order valence-corrected chi connectivity index (χ3v) is 3.74. The van der Waals surface area contributed by atoms with Crippen LogP contribution < -0.4 is 0 Å². The second-order valence-electron chi connectivity index (χ2n) is 5.21. The molecular weight excluding hydrogens is 238 g/mol. The van der Waals surface area contributed by atoms with Crippen molar-refractivity contribution < 1.29 is 9.84 Å². The van der Waals surface area contributed by atoms with Crippen LogP contribution in [0.5, 0.6) is 5.75 Å². The van der Waals surface area contributed by atoms with Gasteiger partial charge in [-0.2, -0.15) is 0 Å². The Kier molecular flexibility index (Phi) is 6.89. The van der Waals surface area contributed by atoms with Gasteiger partial charge in [0.15, 0.2) is 0 Å². The van der Waals surface area contributed by atoms with Crippen LogP contribution in [0.15, 0.2) is 24.3 Å². The number of phenolic OH excluding ortho intramolecular Hbond substituents is 1. The van der Waals surface area contributed by atoms with Gasteiger partial charge >= 0.3 is 0 Å². The zero-order valence-corrected chi connectivity index (χ0v) is 12.6. The Morgan fingerprint density at radius 3 is 2.32 bits per heavy atom. The number of nitrogens with zero attached hydrogens (tertiary/aromatic N) is 1. The first-order chi connectivity index (χ1) is 9.08. The van der Waals surface area contributed by atoms with Gasteiger partial charge in [-0.3, -0.25) is 4.90 Å². The molecule has 1 rings (SSSR count). The summed E-state index contributed by atoms with van der Waals surface area (Å²) in [5.41, 5.74) is 1.26. The van der Waals surface area contributed by atoms with Gasteiger partial charge in [0.2, 0.25) is 0 Å². The van der Waals surface area contributed by atoms with Crippen LogP contribution in [-0.4, -0.2) is 42.4 Å². The number of rotatable bonds is 8. The smallest absolute Gasteiger partial charge is 0.115 e. The fraction of sp³-hybridized carbons (Fsp3) is 0.625. The van der Waals surface area contributed by atoms with Crippen LogP contribution >= 0.6 is 0 Å². The molecule has 1 aromatic rings. The quantitative estimate of drug-likeness (QED) is 0.784. The molecule has 0 bridgehead atoms. The Labute approximate surface area is 117 Å². The summed E-state index contributed by atoms with van der Waals surface area (Å²) in [7, 11) is 1.75. The van der Waals surface area contributed by atoms with Crippen molar-refractivity contribution in [3.05, 3.63) is 29.8 Å². The summed E-state index contributed by atoms with van der Waals surface area (Å²) in [6.07, 6.45) is 2.14. The molecule has 0 aliphatic carbocycles. The molecule has 1 aromatic carbocycles. The van der Waals surface area contributed by atoms with Gasteiger partial charge in [-0.1, -0.05) is 19.1 Å².